The molecule has 0 atom stereocenters. The van der Waals surface area contributed by atoms with Crippen LogP contribution in [0.4, 0.5) is 0 Å². The van der Waals surface area contributed by atoms with Gasteiger partial charge in [0.1, 0.15) is 11.3 Å². The van der Waals surface area contributed by atoms with Gasteiger partial charge in [-0.05, 0) is 25.1 Å². The highest BCUT2D eigenvalue weighted by Gasteiger charge is 2.08. The van der Waals surface area contributed by atoms with Crippen LogP contribution in [-0.4, -0.2) is 30.4 Å². The van der Waals surface area contributed by atoms with Gasteiger partial charge in [-0.2, -0.15) is 5.10 Å². The monoisotopic (exact) mass is 218 g/mol. The van der Waals surface area contributed by atoms with Crippen LogP contribution in [-0.2, 0) is 0 Å². The van der Waals surface area contributed by atoms with Crippen molar-refractivity contribution >= 4 is 17.2 Å². The van der Waals surface area contributed by atoms with Crippen molar-refractivity contribution in [3.8, 4) is 5.75 Å². The van der Waals surface area contributed by atoms with E-state index in [2.05, 4.69) is 5.10 Å². The molecule has 16 heavy (non-hydrogen) atoms. The van der Waals surface area contributed by atoms with Crippen molar-refractivity contribution in [3.05, 3.63) is 29.5 Å². The molecule has 0 bridgehead atoms. The molecule has 0 radical (unpaired) electrons. The molecule has 0 saturated heterocycles. The third-order valence-electron chi connectivity index (χ3n) is 2.36. The van der Waals surface area contributed by atoms with E-state index in [-0.39, 0.29) is 5.75 Å². The summed E-state index contributed by atoms with van der Waals surface area (Å²) in [4.78, 5) is 0. The number of nitrogens with zero attached hydrogens (tertiary/aromatic N) is 2. The Morgan fingerprint density at radius 1 is 1.38 bits per heavy atom. The maximum absolute atomic E-state index is 9.40. The fraction of sp³-hybridized carbons (Fsp3) is 0.250. The number of fused-ring (bicyclic) bond motifs is 1. The van der Waals surface area contributed by atoms with E-state index in [0.29, 0.717) is 5.76 Å². The molecule has 0 amide bonds. The average Bonchev–Trinajstić information content (AvgIpc) is 2.53. The van der Waals surface area contributed by atoms with Crippen LogP contribution in [0.15, 0.2) is 27.7 Å². The lowest BCUT2D eigenvalue weighted by molar-refractivity contribution is 0.438. The summed E-state index contributed by atoms with van der Waals surface area (Å²) in [6.07, 6.45) is 1.67. The van der Waals surface area contributed by atoms with E-state index in [9.17, 15) is 5.11 Å². The van der Waals surface area contributed by atoms with Crippen LogP contribution in [0.2, 0.25) is 0 Å². The summed E-state index contributed by atoms with van der Waals surface area (Å²) in [5, 5.41) is 16.1. The van der Waals surface area contributed by atoms with Gasteiger partial charge in [-0.15, -0.1) is 0 Å². The molecule has 2 aromatic rings. The van der Waals surface area contributed by atoms with Gasteiger partial charge in [-0.3, -0.25) is 0 Å². The molecule has 2 rings (SSSR count). The minimum Gasteiger partial charge on any atom is -0.508 e. The van der Waals surface area contributed by atoms with Gasteiger partial charge >= 0.3 is 0 Å². The van der Waals surface area contributed by atoms with E-state index in [1.165, 1.54) is 0 Å². The van der Waals surface area contributed by atoms with Gasteiger partial charge in [0.25, 0.3) is 0 Å². The number of phenols is 1. The van der Waals surface area contributed by atoms with E-state index in [0.717, 1.165) is 16.5 Å². The first-order valence-corrected chi connectivity index (χ1v) is 5.01. The van der Waals surface area contributed by atoms with Gasteiger partial charge in [-0.1, -0.05) is 0 Å². The second kappa shape index (κ2) is 3.89. The van der Waals surface area contributed by atoms with E-state index < -0.39 is 0 Å². The zero-order valence-corrected chi connectivity index (χ0v) is 9.56. The predicted molar refractivity (Wildman–Crippen MR) is 63.9 cm³/mol. The minimum absolute atomic E-state index is 0.243. The van der Waals surface area contributed by atoms with Crippen LogP contribution in [0.5, 0.6) is 5.75 Å². The largest absolute Gasteiger partial charge is 0.508 e. The molecule has 1 N–H and O–H groups in total. The molecule has 1 heterocycles. The van der Waals surface area contributed by atoms with Crippen LogP contribution in [0.1, 0.15) is 11.3 Å². The fourth-order valence-electron chi connectivity index (χ4n) is 1.52. The Balaban J connectivity index is 2.52. The van der Waals surface area contributed by atoms with Crippen LogP contribution in [0, 0.1) is 6.92 Å². The first kappa shape index (κ1) is 10.5. The number of aryl methyl sites for hydroxylation is 1. The molecule has 1 aromatic heterocycles. The van der Waals surface area contributed by atoms with Crippen molar-refractivity contribution in [1.29, 1.82) is 0 Å². The molecular weight excluding hydrogens is 204 g/mol. The standard InChI is InChI=1S/C12H14N2O2/c1-8-10-6-9(15)4-5-11(10)16-12(8)7-13-14(2)3/h4-7,15H,1-3H3. The number of benzene rings is 1. The molecule has 0 aliphatic heterocycles. The average molecular weight is 218 g/mol. The van der Waals surface area contributed by atoms with E-state index in [1.54, 1.807) is 29.4 Å². The molecule has 0 saturated carbocycles. The van der Waals surface area contributed by atoms with Crippen molar-refractivity contribution < 1.29 is 9.52 Å². The maximum Gasteiger partial charge on any atom is 0.151 e. The van der Waals surface area contributed by atoms with Crippen LogP contribution in [0.3, 0.4) is 0 Å². The highest BCUT2D eigenvalue weighted by molar-refractivity contribution is 5.91. The summed E-state index contributed by atoms with van der Waals surface area (Å²) in [5.74, 6) is 0.960. The maximum atomic E-state index is 9.40. The second-order valence-electron chi connectivity index (χ2n) is 3.86. The Morgan fingerprint density at radius 3 is 2.81 bits per heavy atom. The summed E-state index contributed by atoms with van der Waals surface area (Å²) >= 11 is 0. The molecule has 4 heteroatoms. The third kappa shape index (κ3) is 1.86. The van der Waals surface area contributed by atoms with Crippen LogP contribution < -0.4 is 0 Å². The quantitative estimate of drug-likeness (QED) is 0.621. The van der Waals surface area contributed by atoms with Gasteiger partial charge < -0.3 is 14.5 Å². The number of hydrogen-bond donors (Lipinski definition) is 1. The van der Waals surface area contributed by atoms with Crippen molar-refractivity contribution in [2.75, 3.05) is 14.1 Å². The summed E-state index contributed by atoms with van der Waals surface area (Å²) in [5.41, 5.74) is 1.74. The lowest BCUT2D eigenvalue weighted by atomic mass is 10.1. The predicted octanol–water partition coefficient (Wildman–Crippen LogP) is 2.34. The highest BCUT2D eigenvalue weighted by atomic mass is 16.3. The summed E-state index contributed by atoms with van der Waals surface area (Å²) < 4.78 is 5.62. The van der Waals surface area contributed by atoms with Crippen molar-refractivity contribution in [2.45, 2.75) is 6.92 Å². The summed E-state index contributed by atoms with van der Waals surface area (Å²) in [7, 11) is 3.70. The molecule has 0 unspecified atom stereocenters. The third-order valence-corrected chi connectivity index (χ3v) is 2.36. The van der Waals surface area contributed by atoms with Gasteiger partial charge in [-0.25, -0.2) is 0 Å². The molecular formula is C12H14N2O2. The van der Waals surface area contributed by atoms with E-state index in [1.807, 2.05) is 21.0 Å². The van der Waals surface area contributed by atoms with Crippen molar-refractivity contribution in [3.63, 3.8) is 0 Å². The Labute approximate surface area is 93.8 Å². The Hall–Kier alpha value is -1.97. The molecule has 0 fully saturated rings. The van der Waals surface area contributed by atoms with Crippen LogP contribution in [0.25, 0.3) is 11.0 Å². The lowest BCUT2D eigenvalue weighted by Gasteiger charge is -2.00. The Bertz CT molecular complexity index is 541. The zero-order valence-electron chi connectivity index (χ0n) is 9.56. The van der Waals surface area contributed by atoms with Gasteiger partial charge in [0, 0.05) is 25.0 Å². The van der Waals surface area contributed by atoms with Crippen molar-refractivity contribution in [1.82, 2.24) is 5.01 Å². The summed E-state index contributed by atoms with van der Waals surface area (Å²) in [6, 6.07) is 5.06. The van der Waals surface area contributed by atoms with Gasteiger partial charge in [0.05, 0.1) is 6.21 Å². The molecule has 4 nitrogen and oxygen atoms in total. The van der Waals surface area contributed by atoms with Gasteiger partial charge in [0.2, 0.25) is 0 Å². The second-order valence-corrected chi connectivity index (χ2v) is 3.86. The Morgan fingerprint density at radius 2 is 2.12 bits per heavy atom. The molecule has 1 aromatic carbocycles. The molecule has 0 spiro atoms. The van der Waals surface area contributed by atoms with E-state index in [4.69, 9.17) is 4.42 Å². The molecule has 0 aliphatic rings. The lowest BCUT2D eigenvalue weighted by Crippen LogP contribution is -2.01. The number of rotatable bonds is 2. The topological polar surface area (TPSA) is 49.0 Å². The minimum atomic E-state index is 0.243. The first-order chi connectivity index (χ1) is 7.58. The van der Waals surface area contributed by atoms with Crippen molar-refractivity contribution in [2.24, 2.45) is 5.10 Å². The number of aromatic hydroxyl groups is 1. The van der Waals surface area contributed by atoms with Crippen LogP contribution >= 0.6 is 0 Å². The zero-order chi connectivity index (χ0) is 11.7. The smallest absolute Gasteiger partial charge is 0.151 e. The number of phenolic OH excluding ortho intramolecular Hbond substituents is 1. The number of furan rings is 1. The first-order valence-electron chi connectivity index (χ1n) is 5.01. The Kier molecular flexibility index (Phi) is 2.56. The fourth-order valence-corrected chi connectivity index (χ4v) is 1.52. The SMILES string of the molecule is Cc1c(C=NN(C)C)oc2ccc(O)cc12. The number of hydrazone groups is 1. The number of hydrogen-bond acceptors (Lipinski definition) is 4. The molecule has 84 valence electrons. The normalized spacial score (nSPS) is 11.4. The highest BCUT2D eigenvalue weighted by Crippen LogP contribution is 2.27. The van der Waals surface area contributed by atoms with E-state index >= 15 is 0 Å². The molecule has 0 aliphatic carbocycles. The van der Waals surface area contributed by atoms with Gasteiger partial charge in [0.15, 0.2) is 5.76 Å². The summed E-state index contributed by atoms with van der Waals surface area (Å²) in [6.45, 7) is 1.95.